The lowest BCUT2D eigenvalue weighted by Gasteiger charge is -2.18. The van der Waals surface area contributed by atoms with Crippen LogP contribution in [0.1, 0.15) is 27.2 Å². The summed E-state index contributed by atoms with van der Waals surface area (Å²) in [5.74, 6) is -0.216. The Bertz CT molecular complexity index is 168. The second-order valence-corrected chi connectivity index (χ2v) is 3.50. The fourth-order valence-electron chi connectivity index (χ4n) is 0.659. The highest BCUT2D eigenvalue weighted by atomic mass is 16.6. The van der Waals surface area contributed by atoms with Crippen molar-refractivity contribution >= 4 is 5.97 Å². The predicted octanol–water partition coefficient (Wildman–Crippen LogP) is 1.23. The maximum atomic E-state index is 11.0. The number of carbonyl (C=O) groups excluding carboxylic acids is 1. The molecule has 12 heavy (non-hydrogen) atoms. The van der Waals surface area contributed by atoms with E-state index >= 15 is 0 Å². The summed E-state index contributed by atoms with van der Waals surface area (Å²) in [5.41, 5.74) is 4.81. The first-order valence-electron chi connectivity index (χ1n) is 4.02. The third-order valence-electron chi connectivity index (χ3n) is 1.01. The molecule has 0 bridgehead atoms. The van der Waals surface area contributed by atoms with Gasteiger partial charge in [0.15, 0.2) is 0 Å². The van der Waals surface area contributed by atoms with Crippen molar-refractivity contribution in [2.24, 2.45) is 5.73 Å². The summed E-state index contributed by atoms with van der Waals surface area (Å²) < 4.78 is 5.05. The lowest BCUT2D eigenvalue weighted by Crippen LogP contribution is -2.23. The van der Waals surface area contributed by atoms with E-state index in [2.05, 4.69) is 0 Å². The third kappa shape index (κ3) is 7.28. The van der Waals surface area contributed by atoms with E-state index in [1.807, 2.05) is 20.8 Å². The van der Waals surface area contributed by atoms with E-state index < -0.39 is 5.60 Å². The number of hydrogen-bond donors (Lipinski definition) is 1. The van der Waals surface area contributed by atoms with E-state index in [-0.39, 0.29) is 5.97 Å². The van der Waals surface area contributed by atoms with Crippen LogP contribution >= 0.6 is 0 Å². The Balaban J connectivity index is 3.68. The van der Waals surface area contributed by atoms with Gasteiger partial charge in [-0.25, -0.2) is 0 Å². The Kier molecular flexibility index (Phi) is 4.59. The fraction of sp³-hybridized carbons (Fsp3) is 0.667. The van der Waals surface area contributed by atoms with Gasteiger partial charge in [0.2, 0.25) is 0 Å². The van der Waals surface area contributed by atoms with E-state index in [1.165, 1.54) is 0 Å². The molecule has 0 heterocycles. The number of nitrogens with two attached hydrogens (primary N) is 1. The quantitative estimate of drug-likeness (QED) is 0.513. The SMILES string of the molecule is CC(C)(C)OC(=O)C/C=C\CN. The van der Waals surface area contributed by atoms with Crippen molar-refractivity contribution in [3.8, 4) is 0 Å². The highest BCUT2D eigenvalue weighted by molar-refractivity contribution is 5.71. The minimum atomic E-state index is -0.395. The summed E-state index contributed by atoms with van der Waals surface area (Å²) >= 11 is 0. The summed E-state index contributed by atoms with van der Waals surface area (Å²) in [6.45, 7) is 6.00. The number of carbonyl (C=O) groups is 1. The molecule has 0 saturated heterocycles. The van der Waals surface area contributed by atoms with Gasteiger partial charge in [-0.2, -0.15) is 0 Å². The van der Waals surface area contributed by atoms with Gasteiger partial charge in [0, 0.05) is 6.54 Å². The molecule has 70 valence electrons. The largest absolute Gasteiger partial charge is 0.460 e. The van der Waals surface area contributed by atoms with Crippen molar-refractivity contribution in [2.45, 2.75) is 32.8 Å². The minimum absolute atomic E-state index is 0.216. The maximum Gasteiger partial charge on any atom is 0.310 e. The number of hydrogen-bond acceptors (Lipinski definition) is 3. The molecule has 0 aromatic carbocycles. The summed E-state index contributed by atoms with van der Waals surface area (Å²) in [4.78, 5) is 11.0. The molecule has 0 rings (SSSR count). The zero-order valence-corrected chi connectivity index (χ0v) is 7.96. The molecule has 3 heteroatoms. The van der Waals surface area contributed by atoms with Crippen LogP contribution in [0.4, 0.5) is 0 Å². The Morgan fingerprint density at radius 3 is 2.42 bits per heavy atom. The smallest absolute Gasteiger partial charge is 0.310 e. The first-order chi connectivity index (χ1) is 5.45. The molecule has 0 aromatic rings. The molecule has 0 fully saturated rings. The van der Waals surface area contributed by atoms with Crippen molar-refractivity contribution < 1.29 is 9.53 Å². The van der Waals surface area contributed by atoms with Gasteiger partial charge in [-0.3, -0.25) is 4.79 Å². The molecule has 0 aromatic heterocycles. The summed E-state index contributed by atoms with van der Waals surface area (Å²) in [5, 5.41) is 0. The molecule has 0 aliphatic heterocycles. The summed E-state index contributed by atoms with van der Waals surface area (Å²) in [6, 6.07) is 0. The van der Waals surface area contributed by atoms with Crippen LogP contribution in [0, 0.1) is 0 Å². The average Bonchev–Trinajstić information content (AvgIpc) is 1.84. The van der Waals surface area contributed by atoms with Crippen LogP contribution in [-0.2, 0) is 9.53 Å². The van der Waals surface area contributed by atoms with Gasteiger partial charge in [-0.05, 0) is 20.8 Å². The maximum absolute atomic E-state index is 11.0. The van der Waals surface area contributed by atoms with Gasteiger partial charge in [-0.1, -0.05) is 12.2 Å². The van der Waals surface area contributed by atoms with Crippen molar-refractivity contribution in [3.05, 3.63) is 12.2 Å². The van der Waals surface area contributed by atoms with Crippen LogP contribution in [-0.4, -0.2) is 18.1 Å². The van der Waals surface area contributed by atoms with E-state index in [4.69, 9.17) is 10.5 Å². The standard InChI is InChI=1S/C9H17NO2/c1-9(2,3)12-8(11)6-4-5-7-10/h4-5H,6-7,10H2,1-3H3/b5-4-. The summed E-state index contributed by atoms with van der Waals surface area (Å²) in [6.07, 6.45) is 3.76. The Labute approximate surface area is 73.6 Å². The zero-order chi connectivity index (χ0) is 9.61. The molecule has 0 aliphatic carbocycles. The van der Waals surface area contributed by atoms with Gasteiger partial charge in [0.05, 0.1) is 6.42 Å². The zero-order valence-electron chi connectivity index (χ0n) is 7.96. The van der Waals surface area contributed by atoms with Crippen LogP contribution in [0.25, 0.3) is 0 Å². The average molecular weight is 171 g/mol. The topological polar surface area (TPSA) is 52.3 Å². The van der Waals surface area contributed by atoms with Crippen LogP contribution in [0.5, 0.6) is 0 Å². The van der Waals surface area contributed by atoms with Crippen molar-refractivity contribution in [1.29, 1.82) is 0 Å². The molecule has 3 nitrogen and oxygen atoms in total. The van der Waals surface area contributed by atoms with Gasteiger partial charge >= 0.3 is 5.97 Å². The second kappa shape index (κ2) is 4.93. The molecule has 0 spiro atoms. The van der Waals surface area contributed by atoms with Gasteiger partial charge in [0.25, 0.3) is 0 Å². The Hall–Kier alpha value is -0.830. The normalized spacial score (nSPS) is 12.0. The van der Waals surface area contributed by atoms with Crippen molar-refractivity contribution in [2.75, 3.05) is 6.54 Å². The molecule has 0 radical (unpaired) electrons. The molecular formula is C9H17NO2. The van der Waals surface area contributed by atoms with Gasteiger partial charge in [0.1, 0.15) is 5.60 Å². The molecular weight excluding hydrogens is 154 g/mol. The lowest BCUT2D eigenvalue weighted by atomic mass is 10.2. The molecule has 0 saturated carbocycles. The van der Waals surface area contributed by atoms with Crippen molar-refractivity contribution in [3.63, 3.8) is 0 Å². The van der Waals surface area contributed by atoms with Crippen LogP contribution in [0.3, 0.4) is 0 Å². The van der Waals surface area contributed by atoms with Gasteiger partial charge in [-0.15, -0.1) is 0 Å². The van der Waals surface area contributed by atoms with E-state index in [1.54, 1.807) is 12.2 Å². The highest BCUT2D eigenvalue weighted by Crippen LogP contribution is 2.07. The monoisotopic (exact) mass is 171 g/mol. The first-order valence-corrected chi connectivity index (χ1v) is 4.02. The lowest BCUT2D eigenvalue weighted by molar-refractivity contribution is -0.153. The highest BCUT2D eigenvalue weighted by Gasteiger charge is 2.14. The minimum Gasteiger partial charge on any atom is -0.460 e. The first kappa shape index (κ1) is 11.2. The van der Waals surface area contributed by atoms with Gasteiger partial charge < -0.3 is 10.5 Å². The molecule has 0 unspecified atom stereocenters. The van der Waals surface area contributed by atoms with Crippen LogP contribution < -0.4 is 5.73 Å². The Morgan fingerprint density at radius 1 is 1.42 bits per heavy atom. The number of ether oxygens (including phenoxy) is 1. The molecule has 0 aliphatic rings. The number of esters is 1. The van der Waals surface area contributed by atoms with E-state index in [0.717, 1.165) is 0 Å². The second-order valence-electron chi connectivity index (χ2n) is 3.50. The fourth-order valence-corrected chi connectivity index (χ4v) is 0.659. The molecule has 0 atom stereocenters. The number of rotatable bonds is 3. The van der Waals surface area contributed by atoms with Crippen LogP contribution in [0.2, 0.25) is 0 Å². The summed E-state index contributed by atoms with van der Waals surface area (Å²) in [7, 11) is 0. The Morgan fingerprint density at radius 2 is 2.00 bits per heavy atom. The predicted molar refractivity (Wildman–Crippen MR) is 48.7 cm³/mol. The third-order valence-corrected chi connectivity index (χ3v) is 1.01. The molecule has 2 N–H and O–H groups in total. The van der Waals surface area contributed by atoms with Crippen molar-refractivity contribution in [1.82, 2.24) is 0 Å². The van der Waals surface area contributed by atoms with Crippen LogP contribution in [0.15, 0.2) is 12.2 Å². The van der Waals surface area contributed by atoms with E-state index in [0.29, 0.717) is 13.0 Å². The van der Waals surface area contributed by atoms with E-state index in [9.17, 15) is 4.79 Å². The molecule has 0 amide bonds.